The Bertz CT molecular complexity index is 1760. The molecule has 0 spiro atoms. The standard InChI is InChI=1S/C37H36FN5O4/c38-31-14-6-11-28(25-31)20-22-40-36(45)37(21-7-12-27-9-2-1-3-10-27)34(33-15-5-4-13-30(33)26-41-43-39)47-35(42-37)29-16-18-32(19-17-29)46-24-8-23-44/h1-7,9-19,25,34,44H,8,20-24,26H2,(H,40,45)/b12-7+/t34-,37-/m1/s1. The Labute approximate surface area is 273 Å². The summed E-state index contributed by atoms with van der Waals surface area (Å²) in [6.45, 7) is 0.740. The van der Waals surface area contributed by atoms with Crippen LogP contribution in [0.2, 0.25) is 0 Å². The fraction of sp³-hybridized carbons (Fsp3) is 0.243. The first-order valence-corrected chi connectivity index (χ1v) is 15.5. The Morgan fingerprint density at radius 1 is 1.06 bits per heavy atom. The van der Waals surface area contributed by atoms with E-state index in [1.807, 2.05) is 84.9 Å². The van der Waals surface area contributed by atoms with Crippen molar-refractivity contribution < 1.29 is 23.8 Å². The summed E-state index contributed by atoms with van der Waals surface area (Å²) in [6.07, 6.45) is 4.13. The number of azide groups is 1. The van der Waals surface area contributed by atoms with Crippen molar-refractivity contribution in [2.24, 2.45) is 10.1 Å². The number of nitrogens with zero attached hydrogens (tertiary/aromatic N) is 4. The van der Waals surface area contributed by atoms with Gasteiger partial charge in [-0.25, -0.2) is 9.38 Å². The number of rotatable bonds is 15. The zero-order valence-electron chi connectivity index (χ0n) is 25.8. The molecule has 10 heteroatoms. The molecule has 0 saturated carbocycles. The topological polar surface area (TPSA) is 129 Å². The third kappa shape index (κ3) is 8.43. The number of amides is 1. The predicted octanol–water partition coefficient (Wildman–Crippen LogP) is 7.12. The highest BCUT2D eigenvalue weighted by Gasteiger charge is 2.53. The van der Waals surface area contributed by atoms with Gasteiger partial charge in [0.25, 0.3) is 5.91 Å². The third-order valence-corrected chi connectivity index (χ3v) is 7.80. The van der Waals surface area contributed by atoms with Gasteiger partial charge in [-0.2, -0.15) is 0 Å². The maximum atomic E-state index is 14.4. The molecule has 2 atom stereocenters. The second kappa shape index (κ2) is 16.2. The Morgan fingerprint density at radius 2 is 1.85 bits per heavy atom. The van der Waals surface area contributed by atoms with Gasteiger partial charge in [-0.05, 0) is 70.6 Å². The molecule has 4 aromatic rings. The Hall–Kier alpha value is -5.44. The molecule has 0 aromatic heterocycles. The fourth-order valence-corrected chi connectivity index (χ4v) is 5.44. The molecule has 1 heterocycles. The summed E-state index contributed by atoms with van der Waals surface area (Å²) in [5.74, 6) is 0.221. The maximum absolute atomic E-state index is 14.4. The summed E-state index contributed by atoms with van der Waals surface area (Å²) in [4.78, 5) is 22.4. The van der Waals surface area contributed by atoms with Crippen LogP contribution in [0.4, 0.5) is 4.39 Å². The zero-order valence-corrected chi connectivity index (χ0v) is 25.8. The van der Waals surface area contributed by atoms with E-state index in [0.29, 0.717) is 41.9 Å². The Morgan fingerprint density at radius 3 is 2.62 bits per heavy atom. The number of carbonyl (C=O) groups excluding carboxylic acids is 1. The van der Waals surface area contributed by atoms with Gasteiger partial charge in [0, 0.05) is 36.5 Å². The van der Waals surface area contributed by atoms with Crippen LogP contribution in [0, 0.1) is 5.82 Å². The van der Waals surface area contributed by atoms with Crippen LogP contribution in [-0.2, 0) is 22.5 Å². The largest absolute Gasteiger partial charge is 0.494 e. The average molecular weight is 634 g/mol. The van der Waals surface area contributed by atoms with E-state index in [0.717, 1.165) is 11.1 Å². The quantitative estimate of drug-likeness (QED) is 0.0625. The van der Waals surface area contributed by atoms with E-state index < -0.39 is 11.6 Å². The monoisotopic (exact) mass is 633 g/mol. The number of ether oxygens (including phenoxy) is 2. The van der Waals surface area contributed by atoms with Crippen molar-refractivity contribution in [1.82, 2.24) is 5.32 Å². The van der Waals surface area contributed by atoms with Gasteiger partial charge >= 0.3 is 0 Å². The number of aliphatic imine (C=N–C) groups is 1. The first kappa shape index (κ1) is 32.9. The summed E-state index contributed by atoms with van der Waals surface area (Å²) in [5.41, 5.74) is 11.4. The van der Waals surface area contributed by atoms with E-state index in [-0.39, 0.29) is 43.7 Å². The summed E-state index contributed by atoms with van der Waals surface area (Å²) < 4.78 is 26.1. The molecule has 47 heavy (non-hydrogen) atoms. The minimum absolute atomic E-state index is 0.0381. The molecule has 0 fully saturated rings. The highest BCUT2D eigenvalue weighted by molar-refractivity contribution is 6.01. The van der Waals surface area contributed by atoms with E-state index in [1.54, 1.807) is 18.2 Å². The molecule has 0 radical (unpaired) electrons. The van der Waals surface area contributed by atoms with Crippen LogP contribution >= 0.6 is 0 Å². The molecule has 1 aliphatic rings. The lowest BCUT2D eigenvalue weighted by Crippen LogP contribution is -2.48. The van der Waals surface area contributed by atoms with Gasteiger partial charge in [0.1, 0.15) is 11.6 Å². The summed E-state index contributed by atoms with van der Waals surface area (Å²) in [5, 5.41) is 15.9. The van der Waals surface area contributed by atoms with Gasteiger partial charge in [-0.1, -0.05) is 84.0 Å². The summed E-state index contributed by atoms with van der Waals surface area (Å²) in [7, 11) is 0. The molecular weight excluding hydrogens is 597 g/mol. The van der Waals surface area contributed by atoms with Crippen molar-refractivity contribution in [2.75, 3.05) is 19.8 Å². The number of nitrogens with one attached hydrogen (secondary N) is 1. The van der Waals surface area contributed by atoms with E-state index in [4.69, 9.17) is 25.1 Å². The molecule has 0 unspecified atom stereocenters. The number of carbonyl (C=O) groups is 1. The lowest BCUT2D eigenvalue weighted by molar-refractivity contribution is -0.128. The average Bonchev–Trinajstić information content (AvgIpc) is 3.49. The summed E-state index contributed by atoms with van der Waals surface area (Å²) in [6, 6.07) is 30.6. The van der Waals surface area contributed by atoms with Crippen LogP contribution in [0.15, 0.2) is 119 Å². The summed E-state index contributed by atoms with van der Waals surface area (Å²) >= 11 is 0. The van der Waals surface area contributed by atoms with Crippen molar-refractivity contribution in [3.63, 3.8) is 0 Å². The molecule has 240 valence electrons. The van der Waals surface area contributed by atoms with Crippen molar-refractivity contribution in [2.45, 2.75) is 37.5 Å². The highest BCUT2D eigenvalue weighted by Crippen LogP contribution is 2.44. The number of aliphatic hydroxyl groups excluding tert-OH is 1. The van der Waals surface area contributed by atoms with E-state index in [2.05, 4.69) is 15.3 Å². The molecule has 5 rings (SSSR count). The molecule has 1 aliphatic heterocycles. The van der Waals surface area contributed by atoms with Crippen LogP contribution in [0.1, 0.15) is 46.8 Å². The second-order valence-electron chi connectivity index (χ2n) is 11.0. The number of aliphatic hydroxyl groups is 1. The molecule has 0 saturated heterocycles. The number of hydrogen-bond acceptors (Lipinski definition) is 6. The van der Waals surface area contributed by atoms with Crippen LogP contribution < -0.4 is 10.1 Å². The molecule has 0 bridgehead atoms. The highest BCUT2D eigenvalue weighted by atomic mass is 19.1. The van der Waals surface area contributed by atoms with Gasteiger partial charge < -0.3 is 19.9 Å². The van der Waals surface area contributed by atoms with Gasteiger partial charge in [0.05, 0.1) is 13.2 Å². The smallest absolute Gasteiger partial charge is 0.252 e. The van der Waals surface area contributed by atoms with E-state index in [1.165, 1.54) is 12.1 Å². The van der Waals surface area contributed by atoms with Crippen molar-refractivity contribution in [3.05, 3.63) is 153 Å². The van der Waals surface area contributed by atoms with Crippen molar-refractivity contribution >= 4 is 17.9 Å². The Balaban J connectivity index is 1.54. The molecule has 9 nitrogen and oxygen atoms in total. The third-order valence-electron chi connectivity index (χ3n) is 7.80. The van der Waals surface area contributed by atoms with Crippen molar-refractivity contribution in [1.29, 1.82) is 0 Å². The fourth-order valence-electron chi connectivity index (χ4n) is 5.44. The number of halogens is 1. The van der Waals surface area contributed by atoms with Crippen molar-refractivity contribution in [3.8, 4) is 5.75 Å². The molecule has 1 amide bonds. The molecule has 2 N–H and O–H groups in total. The van der Waals surface area contributed by atoms with E-state index >= 15 is 0 Å². The lowest BCUT2D eigenvalue weighted by Gasteiger charge is -2.31. The first-order valence-electron chi connectivity index (χ1n) is 15.5. The normalized spacial score (nSPS) is 17.1. The van der Waals surface area contributed by atoms with Crippen LogP contribution in [0.25, 0.3) is 16.5 Å². The number of benzene rings is 4. The first-order chi connectivity index (χ1) is 23.0. The SMILES string of the molecule is [N-]=[N+]=NCc1ccccc1[C@H]1OC(c2ccc(OCCCO)cc2)=N[C@@]1(C/C=C/c1ccccc1)C(=O)NCCc1cccc(F)c1. The minimum Gasteiger partial charge on any atom is -0.494 e. The minimum atomic E-state index is -1.44. The molecule has 0 aliphatic carbocycles. The molecular formula is C37H36FN5O4. The van der Waals surface area contributed by atoms with Crippen LogP contribution in [0.3, 0.4) is 0 Å². The number of hydrogen-bond donors (Lipinski definition) is 2. The van der Waals surface area contributed by atoms with Gasteiger partial charge in [0.2, 0.25) is 5.90 Å². The zero-order chi connectivity index (χ0) is 32.9. The van der Waals surface area contributed by atoms with Gasteiger partial charge in [0.15, 0.2) is 11.6 Å². The Kier molecular flexibility index (Phi) is 11.4. The van der Waals surface area contributed by atoms with Gasteiger partial charge in [-0.3, -0.25) is 4.79 Å². The van der Waals surface area contributed by atoms with Gasteiger partial charge in [-0.15, -0.1) is 0 Å². The van der Waals surface area contributed by atoms with Crippen LogP contribution in [0.5, 0.6) is 5.75 Å². The van der Waals surface area contributed by atoms with E-state index in [9.17, 15) is 9.18 Å². The second-order valence-corrected chi connectivity index (χ2v) is 11.0. The molecule has 4 aromatic carbocycles. The van der Waals surface area contributed by atoms with Crippen LogP contribution in [-0.4, -0.2) is 42.2 Å². The lowest BCUT2D eigenvalue weighted by atomic mass is 9.82. The predicted molar refractivity (Wildman–Crippen MR) is 179 cm³/mol. The maximum Gasteiger partial charge on any atom is 0.252 e.